The molecule has 16 heavy (non-hydrogen) atoms. The van der Waals surface area contributed by atoms with Gasteiger partial charge in [-0.05, 0) is 6.92 Å². The zero-order valence-corrected chi connectivity index (χ0v) is 10.1. The van der Waals surface area contributed by atoms with Crippen LogP contribution in [0.25, 0.3) is 0 Å². The molecule has 0 aliphatic heterocycles. The van der Waals surface area contributed by atoms with Gasteiger partial charge in [0, 0.05) is 17.6 Å². The van der Waals surface area contributed by atoms with Gasteiger partial charge in [0.1, 0.15) is 5.82 Å². The van der Waals surface area contributed by atoms with Crippen LogP contribution in [-0.4, -0.2) is 23.4 Å². The Bertz CT molecular complexity index is 559. The summed E-state index contributed by atoms with van der Waals surface area (Å²) in [6.07, 6.45) is 2.93. The van der Waals surface area contributed by atoms with Gasteiger partial charge in [-0.25, -0.2) is 18.1 Å². The molecule has 0 atom stereocenters. The van der Waals surface area contributed by atoms with Crippen molar-refractivity contribution in [3.05, 3.63) is 28.6 Å². The van der Waals surface area contributed by atoms with Crippen molar-refractivity contribution in [1.82, 2.24) is 19.7 Å². The zero-order valence-electron chi connectivity index (χ0n) is 8.47. The number of nitrogens with one attached hydrogen (secondary N) is 2. The molecule has 0 spiro atoms. The van der Waals surface area contributed by atoms with Gasteiger partial charge in [0.15, 0.2) is 5.03 Å². The number of thiazole rings is 1. The van der Waals surface area contributed by atoms with E-state index in [1.807, 2.05) is 0 Å². The second kappa shape index (κ2) is 4.32. The molecule has 2 N–H and O–H groups in total. The molecule has 0 radical (unpaired) electrons. The van der Waals surface area contributed by atoms with Crippen molar-refractivity contribution in [3.8, 4) is 0 Å². The number of aryl methyl sites for hydroxylation is 1. The number of aromatic amines is 1. The highest BCUT2D eigenvalue weighted by atomic mass is 32.2. The summed E-state index contributed by atoms with van der Waals surface area (Å²) >= 11 is 1.40. The second-order valence-corrected chi connectivity index (χ2v) is 5.83. The monoisotopic (exact) mass is 258 g/mol. The third kappa shape index (κ3) is 2.46. The average molecular weight is 258 g/mol. The van der Waals surface area contributed by atoms with Crippen LogP contribution >= 0.6 is 11.3 Å². The van der Waals surface area contributed by atoms with E-state index in [0.29, 0.717) is 5.82 Å². The third-order valence-corrected chi connectivity index (χ3v) is 3.98. The number of H-pyrrole nitrogens is 1. The summed E-state index contributed by atoms with van der Waals surface area (Å²) < 4.78 is 25.9. The number of hydrogen-bond acceptors (Lipinski definition) is 5. The van der Waals surface area contributed by atoms with Crippen LogP contribution in [0.4, 0.5) is 0 Å². The minimum absolute atomic E-state index is 0.0783. The lowest BCUT2D eigenvalue weighted by molar-refractivity contribution is 0.578. The Morgan fingerprint density at radius 1 is 1.50 bits per heavy atom. The van der Waals surface area contributed by atoms with Gasteiger partial charge in [-0.2, -0.15) is 0 Å². The highest BCUT2D eigenvalue weighted by Gasteiger charge is 2.16. The highest BCUT2D eigenvalue weighted by molar-refractivity contribution is 7.89. The molecule has 0 aliphatic rings. The predicted octanol–water partition coefficient (Wildman–Crippen LogP) is 0.653. The lowest BCUT2D eigenvalue weighted by Crippen LogP contribution is -2.23. The van der Waals surface area contributed by atoms with E-state index in [4.69, 9.17) is 0 Å². The van der Waals surface area contributed by atoms with Gasteiger partial charge in [0.25, 0.3) is 10.0 Å². The van der Waals surface area contributed by atoms with Gasteiger partial charge >= 0.3 is 0 Å². The Kier molecular flexibility index (Phi) is 3.03. The van der Waals surface area contributed by atoms with E-state index >= 15 is 0 Å². The number of sulfonamides is 1. The van der Waals surface area contributed by atoms with Crippen LogP contribution in [0, 0.1) is 6.92 Å². The summed E-state index contributed by atoms with van der Waals surface area (Å²) in [6.45, 7) is 1.94. The average Bonchev–Trinajstić information content (AvgIpc) is 2.85. The van der Waals surface area contributed by atoms with Crippen LogP contribution in [0.2, 0.25) is 0 Å². The number of rotatable bonds is 4. The van der Waals surface area contributed by atoms with Crippen LogP contribution in [-0.2, 0) is 16.6 Å². The molecule has 2 heterocycles. The van der Waals surface area contributed by atoms with Crippen molar-refractivity contribution in [2.45, 2.75) is 18.5 Å². The van der Waals surface area contributed by atoms with Crippen LogP contribution in [0.5, 0.6) is 0 Å². The van der Waals surface area contributed by atoms with Crippen LogP contribution < -0.4 is 4.72 Å². The molecular weight excluding hydrogens is 248 g/mol. The Labute approximate surface area is 96.8 Å². The largest absolute Gasteiger partial charge is 0.332 e. The maximum absolute atomic E-state index is 11.7. The third-order valence-electron chi connectivity index (χ3n) is 1.89. The molecule has 0 unspecified atom stereocenters. The number of nitrogens with zero attached hydrogens (tertiary/aromatic N) is 2. The number of imidazole rings is 1. The number of aromatic nitrogens is 3. The first-order chi connectivity index (χ1) is 7.58. The summed E-state index contributed by atoms with van der Waals surface area (Å²) in [7, 11) is -3.50. The molecule has 2 aromatic rings. The number of hydrogen-bond donors (Lipinski definition) is 2. The molecule has 2 rings (SSSR count). The van der Waals surface area contributed by atoms with Gasteiger partial charge in [0.05, 0.1) is 11.7 Å². The summed E-state index contributed by atoms with van der Waals surface area (Å²) in [5.74, 6) is 0.568. The molecule has 6 nitrogen and oxygen atoms in total. The van der Waals surface area contributed by atoms with Gasteiger partial charge in [0.2, 0.25) is 0 Å². The van der Waals surface area contributed by atoms with Gasteiger partial charge in [-0.15, -0.1) is 11.3 Å². The van der Waals surface area contributed by atoms with E-state index in [9.17, 15) is 8.42 Å². The van der Waals surface area contributed by atoms with E-state index in [-0.39, 0.29) is 11.6 Å². The fourth-order valence-electron chi connectivity index (χ4n) is 1.11. The molecule has 0 aromatic carbocycles. The Morgan fingerprint density at radius 2 is 2.31 bits per heavy atom. The zero-order chi connectivity index (χ0) is 11.6. The van der Waals surface area contributed by atoms with Crippen molar-refractivity contribution in [3.63, 3.8) is 0 Å². The minimum Gasteiger partial charge on any atom is -0.332 e. The van der Waals surface area contributed by atoms with Gasteiger partial charge in [-0.3, -0.25) is 4.98 Å². The molecule has 8 heteroatoms. The lowest BCUT2D eigenvalue weighted by Gasteiger charge is -2.01. The highest BCUT2D eigenvalue weighted by Crippen LogP contribution is 2.08. The SMILES string of the molecule is Cc1ncc(S(=O)(=O)NCc2cncs2)[nH]1. The second-order valence-electron chi connectivity index (χ2n) is 3.13. The molecule has 0 fully saturated rings. The topological polar surface area (TPSA) is 87.7 Å². The molecular formula is C8H10N4O2S2. The smallest absolute Gasteiger partial charge is 0.257 e. The predicted molar refractivity (Wildman–Crippen MR) is 59.5 cm³/mol. The Morgan fingerprint density at radius 3 is 2.88 bits per heavy atom. The van der Waals surface area contributed by atoms with Crippen molar-refractivity contribution in [2.75, 3.05) is 0 Å². The van der Waals surface area contributed by atoms with Crippen molar-refractivity contribution in [2.24, 2.45) is 0 Å². The van der Waals surface area contributed by atoms with E-state index in [2.05, 4.69) is 19.7 Å². The van der Waals surface area contributed by atoms with Crippen molar-refractivity contribution >= 4 is 21.4 Å². The standard InChI is InChI=1S/C8H10N4O2S2/c1-6-10-4-8(12-6)16(13,14)11-3-7-2-9-5-15-7/h2,4-5,11H,3H2,1H3,(H,10,12). The lowest BCUT2D eigenvalue weighted by atomic mass is 10.6. The molecule has 0 saturated carbocycles. The first kappa shape index (κ1) is 11.2. The Balaban J connectivity index is 2.09. The van der Waals surface area contributed by atoms with E-state index in [1.165, 1.54) is 17.5 Å². The maximum Gasteiger partial charge on any atom is 0.257 e. The quantitative estimate of drug-likeness (QED) is 0.843. The molecule has 86 valence electrons. The first-order valence-electron chi connectivity index (χ1n) is 4.46. The maximum atomic E-state index is 11.7. The molecule has 0 bridgehead atoms. The van der Waals surface area contributed by atoms with E-state index < -0.39 is 10.0 Å². The van der Waals surface area contributed by atoms with Crippen molar-refractivity contribution < 1.29 is 8.42 Å². The van der Waals surface area contributed by atoms with Crippen LogP contribution in [0.1, 0.15) is 10.7 Å². The summed E-state index contributed by atoms with van der Waals surface area (Å²) in [6, 6.07) is 0. The Hall–Kier alpha value is -1.25. The van der Waals surface area contributed by atoms with Gasteiger partial charge in [-0.1, -0.05) is 0 Å². The van der Waals surface area contributed by atoms with E-state index in [0.717, 1.165) is 4.88 Å². The summed E-state index contributed by atoms with van der Waals surface area (Å²) in [5, 5.41) is 0.0783. The summed E-state index contributed by atoms with van der Waals surface area (Å²) in [4.78, 5) is 11.2. The summed E-state index contributed by atoms with van der Waals surface area (Å²) in [5.41, 5.74) is 1.66. The molecule has 0 saturated heterocycles. The van der Waals surface area contributed by atoms with E-state index in [1.54, 1.807) is 18.6 Å². The van der Waals surface area contributed by atoms with Crippen molar-refractivity contribution in [1.29, 1.82) is 0 Å². The van der Waals surface area contributed by atoms with Gasteiger partial charge < -0.3 is 4.98 Å². The first-order valence-corrected chi connectivity index (χ1v) is 6.83. The van der Waals surface area contributed by atoms with Crippen LogP contribution in [0.15, 0.2) is 22.9 Å². The molecule has 0 amide bonds. The molecule has 0 aliphatic carbocycles. The fourth-order valence-corrected chi connectivity index (χ4v) is 2.71. The minimum atomic E-state index is -3.50. The fraction of sp³-hybridized carbons (Fsp3) is 0.250. The van der Waals surface area contributed by atoms with Crippen LogP contribution in [0.3, 0.4) is 0 Å². The normalized spacial score (nSPS) is 11.8. The molecule has 2 aromatic heterocycles.